The zero-order valence-electron chi connectivity index (χ0n) is 50.1. The Morgan fingerprint density at radius 2 is 0.634 bits per heavy atom. The molecule has 0 spiro atoms. The summed E-state index contributed by atoms with van der Waals surface area (Å²) in [7, 11) is 0. The molecule has 93 heavy (non-hydrogen) atoms. The third-order valence-corrected chi connectivity index (χ3v) is 17.4. The summed E-state index contributed by atoms with van der Waals surface area (Å²) in [6.07, 6.45) is -73.2. The van der Waals surface area contributed by atoms with E-state index in [2.05, 4.69) is 10.6 Å². The van der Waals surface area contributed by atoms with Crippen LogP contribution in [0.1, 0.15) is 27.7 Å². The van der Waals surface area contributed by atoms with Gasteiger partial charge in [-0.05, 0) is 13.8 Å². The molecule has 0 saturated carbocycles. The Bertz CT molecular complexity index is 2350. The van der Waals surface area contributed by atoms with Crippen LogP contribution in [-0.4, -0.2) is 409 Å². The van der Waals surface area contributed by atoms with Gasteiger partial charge in [0.05, 0.1) is 51.8 Å². The lowest BCUT2D eigenvalue weighted by atomic mass is 9.94. The van der Waals surface area contributed by atoms with Crippen LogP contribution in [0.25, 0.3) is 0 Å². The largest absolute Gasteiger partial charge is 0.394 e. The predicted molar refractivity (Wildman–Crippen MR) is 285 cm³/mol. The zero-order chi connectivity index (χ0) is 68.5. The van der Waals surface area contributed by atoms with E-state index < -0.39 is 297 Å². The lowest BCUT2D eigenvalue weighted by Gasteiger charge is -2.51. The fraction of sp³-hybridized carbons (Fsp3) is 0.962. The van der Waals surface area contributed by atoms with Crippen LogP contribution < -0.4 is 10.6 Å². The second-order valence-corrected chi connectivity index (χ2v) is 23.9. The molecule has 8 heterocycles. The summed E-state index contributed by atoms with van der Waals surface area (Å²) in [5, 5.41) is 244. The molecule has 8 aliphatic heterocycles. The fourth-order valence-electron chi connectivity index (χ4n) is 12.0. The third-order valence-electron chi connectivity index (χ3n) is 17.4. The summed E-state index contributed by atoms with van der Waals surface area (Å²) in [4.78, 5) is 25.8. The van der Waals surface area contributed by atoms with Gasteiger partial charge in [-0.1, -0.05) is 0 Å². The molecule has 0 bridgehead atoms. The molecule has 0 unspecified atom stereocenters. The van der Waals surface area contributed by atoms with E-state index in [0.29, 0.717) is 0 Å². The van der Waals surface area contributed by atoms with E-state index in [1.165, 1.54) is 13.8 Å². The molecule has 2 amide bonds. The van der Waals surface area contributed by atoms with Crippen molar-refractivity contribution in [3.05, 3.63) is 0 Å². The van der Waals surface area contributed by atoms with Crippen molar-refractivity contribution >= 4 is 11.8 Å². The van der Waals surface area contributed by atoms with E-state index in [1.54, 1.807) is 0 Å². The number of aliphatic hydroxyl groups is 22. The summed E-state index contributed by atoms with van der Waals surface area (Å²) in [5.41, 5.74) is 0. The molecule has 0 aromatic heterocycles. The van der Waals surface area contributed by atoms with E-state index in [9.17, 15) is 122 Å². The lowest BCUT2D eigenvalue weighted by molar-refractivity contribution is -0.393. The van der Waals surface area contributed by atoms with Crippen molar-refractivity contribution in [2.75, 3.05) is 39.6 Å². The maximum Gasteiger partial charge on any atom is 0.217 e. The molecule has 0 aromatic rings. The highest BCUT2D eigenvalue weighted by molar-refractivity contribution is 5.73. The Morgan fingerprint density at radius 1 is 0.301 bits per heavy atom. The number of hydrogen-bond acceptors (Lipinski definition) is 39. The minimum absolute atomic E-state index is 0.879. The molecule has 8 aliphatic rings. The lowest BCUT2D eigenvalue weighted by Crippen LogP contribution is -2.70. The van der Waals surface area contributed by atoms with Gasteiger partial charge in [-0.25, -0.2) is 0 Å². The summed E-state index contributed by atoms with van der Waals surface area (Å²) in [6.45, 7) is -1.66. The van der Waals surface area contributed by atoms with E-state index in [1.807, 2.05) is 0 Å². The van der Waals surface area contributed by atoms with Gasteiger partial charge in [0.1, 0.15) is 183 Å². The first kappa shape index (κ1) is 76.2. The number of amides is 2. The molecule has 24 N–H and O–H groups in total. The van der Waals surface area contributed by atoms with Crippen LogP contribution in [0.15, 0.2) is 0 Å². The van der Waals surface area contributed by atoms with Gasteiger partial charge < -0.3 is 194 Å². The SMILES string of the molecule is CC(=O)N[C@H]1[C@H](OC[C@H]2O[C@@H](O[C@H]3[C@H](O)[C@@H](O)[C@@H](O)O[C@@H]3CO)[C@H](O)[C@@H](O[C@@H]3O[C@H](CO)[C@@H](O[C@@H]4O[C@H](CO)[C@H](O)[C@H](O)[C@H]4O[C@@H]4O[C@@H](C)[C@@H](O)[C@@H](O)[C@@H]4O)[C@H](O)[C@H]3NC(C)=O)[C@H]2O)O[C@H](CO)[C@@H](O[C@@H]2O[C@H](CO)[C@H](O)[C@H](O)[C@H]2O[C@@H]2O[C@@H](C)[C@@H](O)[C@@H](O)[C@@H]2O)[C@@H]1O. The van der Waals surface area contributed by atoms with Crippen LogP contribution in [-0.2, 0) is 80.6 Å². The van der Waals surface area contributed by atoms with Crippen molar-refractivity contribution < 1.29 is 193 Å². The van der Waals surface area contributed by atoms with Crippen LogP contribution in [0.3, 0.4) is 0 Å². The van der Waals surface area contributed by atoms with Crippen LogP contribution >= 0.6 is 0 Å². The van der Waals surface area contributed by atoms with E-state index in [-0.39, 0.29) is 0 Å². The average molecular weight is 1370 g/mol. The van der Waals surface area contributed by atoms with Crippen molar-refractivity contribution in [3.8, 4) is 0 Å². The van der Waals surface area contributed by atoms with Crippen molar-refractivity contribution in [3.63, 3.8) is 0 Å². The number of aliphatic hydroxyl groups excluding tert-OH is 22. The summed E-state index contributed by atoms with van der Waals surface area (Å²) >= 11 is 0. The monoisotopic (exact) mass is 1360 g/mol. The van der Waals surface area contributed by atoms with Gasteiger partial charge in [-0.2, -0.15) is 0 Å². The molecule has 540 valence electrons. The fourth-order valence-corrected chi connectivity index (χ4v) is 12.0. The van der Waals surface area contributed by atoms with Gasteiger partial charge in [0.15, 0.2) is 50.3 Å². The second kappa shape index (κ2) is 32.6. The number of carbonyl (C=O) groups excluding carboxylic acids is 2. The zero-order valence-corrected chi connectivity index (χ0v) is 50.1. The normalized spacial score (nSPS) is 51.6. The van der Waals surface area contributed by atoms with Gasteiger partial charge in [0.25, 0.3) is 0 Å². The quantitative estimate of drug-likeness (QED) is 0.0479. The first-order valence-corrected chi connectivity index (χ1v) is 29.9. The number of carbonyl (C=O) groups is 2. The maximum absolute atomic E-state index is 12.9. The number of hydrogen-bond donors (Lipinski definition) is 24. The Morgan fingerprint density at radius 3 is 1.06 bits per heavy atom. The number of nitrogens with one attached hydrogen (secondary N) is 2. The van der Waals surface area contributed by atoms with Crippen LogP contribution in [0.4, 0.5) is 0 Å². The van der Waals surface area contributed by atoms with E-state index in [0.717, 1.165) is 13.8 Å². The highest BCUT2D eigenvalue weighted by atomic mass is 16.8. The van der Waals surface area contributed by atoms with Gasteiger partial charge in [-0.15, -0.1) is 0 Å². The predicted octanol–water partition coefficient (Wildman–Crippen LogP) is -16.1. The molecule has 8 fully saturated rings. The molecule has 0 aromatic carbocycles. The standard InChI is InChI=1S/C52H88N2O39/c1-11-23(62)30(69)36(75)48(80-11)92-43-32(71)25(64)15(5-55)83-51(43)89-39-18(8-58)85-46(21(28(39)67)53-13(3)60)79-10-20-27(66)42(38(77)50(87-20)88-41-17(7-57)82-45(78)35(74)34(41)73)91-47-22(54-14(4)61)29(68)40(19(9-59)86-47)90-52-44(33(72)26(65)16(6-56)84-52)93-49-37(76)31(70)24(63)12(2)81-49/h11-12,15-52,55-59,62-78H,5-10H2,1-4H3,(H,53,60)(H,54,61)/t11-,12-,15+,16+,17+,18+,19+,20+,21+,22+,23+,24+,25-,26-,27-,28+,29+,30+,31+,32-,33-,34+,35+,36-,37-,38+,39+,40+,41+,42-,43+,44+,45-,46+,47-,48-,49-,50-,51-,52-/m0/s1. The van der Waals surface area contributed by atoms with Crippen molar-refractivity contribution in [1.29, 1.82) is 0 Å². The van der Waals surface area contributed by atoms with Crippen molar-refractivity contribution in [2.45, 2.75) is 273 Å². The molecular weight excluding hydrogens is 1280 g/mol. The third kappa shape index (κ3) is 16.4. The smallest absolute Gasteiger partial charge is 0.217 e. The summed E-state index contributed by atoms with van der Waals surface area (Å²) < 4.78 is 87.4. The molecule has 8 saturated heterocycles. The highest BCUT2D eigenvalue weighted by Crippen LogP contribution is 2.39. The molecule has 0 aliphatic carbocycles. The summed E-state index contributed by atoms with van der Waals surface area (Å²) in [5.74, 6) is -1.81. The summed E-state index contributed by atoms with van der Waals surface area (Å²) in [6, 6.07) is -3.73. The topological polar surface area (TPSA) is 642 Å². The molecule has 41 heteroatoms. The Balaban J connectivity index is 1.06. The maximum atomic E-state index is 12.9. The first-order valence-electron chi connectivity index (χ1n) is 29.9. The van der Waals surface area contributed by atoms with Crippen LogP contribution in [0, 0.1) is 0 Å². The first-order chi connectivity index (χ1) is 43.9. The van der Waals surface area contributed by atoms with Gasteiger partial charge in [0.2, 0.25) is 11.8 Å². The van der Waals surface area contributed by atoms with Gasteiger partial charge in [0, 0.05) is 13.8 Å². The minimum Gasteiger partial charge on any atom is -0.394 e. The van der Waals surface area contributed by atoms with Crippen LogP contribution in [0.5, 0.6) is 0 Å². The Hall–Kier alpha value is -2.54. The van der Waals surface area contributed by atoms with Gasteiger partial charge in [-0.3, -0.25) is 9.59 Å². The van der Waals surface area contributed by atoms with Crippen molar-refractivity contribution in [2.24, 2.45) is 0 Å². The molecule has 41 nitrogen and oxygen atoms in total. The number of ether oxygens (including phenoxy) is 15. The van der Waals surface area contributed by atoms with Gasteiger partial charge >= 0.3 is 0 Å². The molecule has 8 rings (SSSR count). The minimum atomic E-state index is -2.35. The van der Waals surface area contributed by atoms with Crippen molar-refractivity contribution in [1.82, 2.24) is 10.6 Å². The average Bonchev–Trinajstić information content (AvgIpc) is 0.824. The molecule has 40 atom stereocenters. The number of rotatable bonds is 22. The van der Waals surface area contributed by atoms with E-state index >= 15 is 0 Å². The van der Waals surface area contributed by atoms with E-state index in [4.69, 9.17) is 71.1 Å². The molecule has 0 radical (unpaired) electrons. The highest BCUT2D eigenvalue weighted by Gasteiger charge is 2.59. The Labute approximate surface area is 527 Å². The molecular formula is C52H88N2O39. The second-order valence-electron chi connectivity index (χ2n) is 23.9. The Kier molecular flexibility index (Phi) is 26.7. The van der Waals surface area contributed by atoms with Crippen LogP contribution in [0.2, 0.25) is 0 Å².